The Hall–Kier alpha value is -2.04. The van der Waals surface area contributed by atoms with Crippen molar-refractivity contribution in [3.8, 4) is 11.4 Å². The summed E-state index contributed by atoms with van der Waals surface area (Å²) in [5.74, 6) is 1.03. The van der Waals surface area contributed by atoms with Crippen LogP contribution >= 0.6 is 0 Å². The third-order valence-electron chi connectivity index (χ3n) is 4.07. The minimum absolute atomic E-state index is 0.222. The predicted octanol–water partition coefficient (Wildman–Crippen LogP) is 3.31. The molecule has 1 atom stereocenters. The Morgan fingerprint density at radius 3 is 3.10 bits per heavy atom. The normalized spacial score (nSPS) is 19.5. The van der Waals surface area contributed by atoms with Gasteiger partial charge in [-0.05, 0) is 30.9 Å². The van der Waals surface area contributed by atoms with E-state index in [1.807, 2.05) is 12.3 Å². The monoisotopic (exact) mass is 285 g/mol. The van der Waals surface area contributed by atoms with Crippen LogP contribution in [0, 0.1) is 0 Å². The number of carbonyl (C=O) groups excluding carboxylic acids is 1. The van der Waals surface area contributed by atoms with Crippen LogP contribution in [0.2, 0.25) is 0 Å². The molecule has 1 fully saturated rings. The summed E-state index contributed by atoms with van der Waals surface area (Å²) in [6.07, 6.45) is 8.96. The maximum absolute atomic E-state index is 12.1. The van der Waals surface area contributed by atoms with Crippen molar-refractivity contribution >= 4 is 5.78 Å². The second-order valence-corrected chi connectivity index (χ2v) is 5.46. The summed E-state index contributed by atoms with van der Waals surface area (Å²) in [4.78, 5) is 20.7. The van der Waals surface area contributed by atoms with Gasteiger partial charge >= 0.3 is 0 Å². The summed E-state index contributed by atoms with van der Waals surface area (Å²) in [7, 11) is 0. The van der Waals surface area contributed by atoms with Crippen LogP contribution in [0.15, 0.2) is 23.0 Å². The summed E-state index contributed by atoms with van der Waals surface area (Å²) >= 11 is 0. The fourth-order valence-corrected chi connectivity index (χ4v) is 2.83. The minimum atomic E-state index is -0.222. The van der Waals surface area contributed by atoms with Crippen LogP contribution in [-0.4, -0.2) is 20.9 Å². The summed E-state index contributed by atoms with van der Waals surface area (Å²) in [6, 6.07) is 1.89. The highest BCUT2D eigenvalue weighted by molar-refractivity contribution is 5.85. The lowest BCUT2D eigenvalue weighted by Crippen LogP contribution is -2.10. The van der Waals surface area contributed by atoms with Crippen molar-refractivity contribution in [2.75, 3.05) is 0 Å². The molecule has 1 unspecified atom stereocenters. The summed E-state index contributed by atoms with van der Waals surface area (Å²) < 4.78 is 5.38. The van der Waals surface area contributed by atoms with Crippen LogP contribution in [-0.2, 0) is 11.2 Å². The van der Waals surface area contributed by atoms with Crippen LogP contribution in [0.3, 0.4) is 0 Å². The lowest BCUT2D eigenvalue weighted by atomic mass is 9.99. The molecule has 1 aliphatic carbocycles. The van der Waals surface area contributed by atoms with Crippen LogP contribution in [0.25, 0.3) is 11.4 Å². The van der Waals surface area contributed by atoms with E-state index in [1.54, 1.807) is 6.20 Å². The lowest BCUT2D eigenvalue weighted by Gasteiger charge is -2.06. The highest BCUT2D eigenvalue weighted by atomic mass is 16.5. The zero-order valence-electron chi connectivity index (χ0n) is 12.2. The van der Waals surface area contributed by atoms with E-state index in [-0.39, 0.29) is 11.7 Å². The number of hydrogen-bond acceptors (Lipinski definition) is 5. The molecule has 1 aliphatic rings. The molecule has 0 bridgehead atoms. The number of aryl methyl sites for hydroxylation is 1. The van der Waals surface area contributed by atoms with Crippen molar-refractivity contribution in [2.24, 2.45) is 0 Å². The van der Waals surface area contributed by atoms with Crippen molar-refractivity contribution in [1.29, 1.82) is 0 Å². The van der Waals surface area contributed by atoms with Gasteiger partial charge in [-0.25, -0.2) is 0 Å². The first kappa shape index (κ1) is 13.9. The molecule has 2 heterocycles. The van der Waals surface area contributed by atoms with E-state index in [0.29, 0.717) is 18.1 Å². The van der Waals surface area contributed by atoms with E-state index in [1.165, 1.54) is 0 Å². The number of Topliss-reactive ketones (excluding diaryl/α,β-unsaturated/α-hetero) is 1. The first-order valence-electron chi connectivity index (χ1n) is 7.59. The Kier molecular flexibility index (Phi) is 4.08. The van der Waals surface area contributed by atoms with Gasteiger partial charge in [-0.1, -0.05) is 24.9 Å². The molecule has 0 aromatic carbocycles. The maximum atomic E-state index is 12.1. The van der Waals surface area contributed by atoms with Crippen LogP contribution < -0.4 is 0 Å². The highest BCUT2D eigenvalue weighted by Gasteiger charge is 2.28. The van der Waals surface area contributed by atoms with Gasteiger partial charge in [0.2, 0.25) is 11.7 Å². The first-order chi connectivity index (χ1) is 10.3. The lowest BCUT2D eigenvalue weighted by molar-refractivity contribution is -0.120. The molecule has 0 radical (unpaired) electrons. The van der Waals surface area contributed by atoms with Gasteiger partial charge in [0.1, 0.15) is 5.78 Å². The van der Waals surface area contributed by atoms with Gasteiger partial charge in [0.25, 0.3) is 0 Å². The Morgan fingerprint density at radius 1 is 1.33 bits per heavy atom. The van der Waals surface area contributed by atoms with Crippen molar-refractivity contribution in [2.45, 2.75) is 51.4 Å². The third-order valence-corrected chi connectivity index (χ3v) is 4.07. The molecule has 3 rings (SSSR count). The molecule has 0 aliphatic heterocycles. The number of ketones is 1. The largest absolute Gasteiger partial charge is 0.338 e. The molecular weight excluding hydrogens is 266 g/mol. The number of aromatic nitrogens is 3. The molecule has 0 N–H and O–H groups in total. The van der Waals surface area contributed by atoms with Gasteiger partial charge < -0.3 is 4.52 Å². The molecule has 0 saturated heterocycles. The standard InChI is InChI=1S/C16H19N3O2/c1-2-11-10-17-9-8-12(11)15-18-16(21-19-15)13-6-4-3-5-7-14(13)20/h8-10,13H,2-7H2,1H3. The molecular formula is C16H19N3O2. The molecule has 5 nitrogen and oxygen atoms in total. The van der Waals surface area contributed by atoms with E-state index in [0.717, 1.165) is 43.2 Å². The van der Waals surface area contributed by atoms with Crippen LogP contribution in [0.4, 0.5) is 0 Å². The third kappa shape index (κ3) is 2.86. The SMILES string of the molecule is CCc1cnccc1-c1noc(C2CCCCCC2=O)n1. The zero-order chi connectivity index (χ0) is 14.7. The number of rotatable bonds is 3. The predicted molar refractivity (Wildman–Crippen MR) is 77.7 cm³/mol. The number of carbonyl (C=O) groups is 1. The number of nitrogens with zero attached hydrogens (tertiary/aromatic N) is 3. The molecule has 21 heavy (non-hydrogen) atoms. The topological polar surface area (TPSA) is 68.9 Å². The molecule has 1 saturated carbocycles. The fraction of sp³-hybridized carbons (Fsp3) is 0.500. The average molecular weight is 285 g/mol. The zero-order valence-corrected chi connectivity index (χ0v) is 12.2. The molecule has 0 amide bonds. The van der Waals surface area contributed by atoms with Crippen molar-refractivity contribution in [3.05, 3.63) is 29.9 Å². The average Bonchev–Trinajstić information content (AvgIpc) is 2.90. The van der Waals surface area contributed by atoms with E-state index >= 15 is 0 Å². The van der Waals surface area contributed by atoms with Gasteiger partial charge in [0, 0.05) is 24.4 Å². The number of hydrogen-bond donors (Lipinski definition) is 0. The summed E-state index contributed by atoms with van der Waals surface area (Å²) in [6.45, 7) is 2.07. The minimum Gasteiger partial charge on any atom is -0.338 e. The van der Waals surface area contributed by atoms with Gasteiger partial charge in [0.15, 0.2) is 0 Å². The fourth-order valence-electron chi connectivity index (χ4n) is 2.83. The van der Waals surface area contributed by atoms with E-state index < -0.39 is 0 Å². The second kappa shape index (κ2) is 6.16. The first-order valence-corrected chi connectivity index (χ1v) is 7.59. The molecule has 2 aromatic heterocycles. The Balaban J connectivity index is 1.90. The van der Waals surface area contributed by atoms with Crippen molar-refractivity contribution in [1.82, 2.24) is 15.1 Å². The molecule has 2 aromatic rings. The van der Waals surface area contributed by atoms with Crippen LogP contribution in [0.1, 0.15) is 56.4 Å². The second-order valence-electron chi connectivity index (χ2n) is 5.46. The Bertz CT molecular complexity index is 636. The summed E-state index contributed by atoms with van der Waals surface area (Å²) in [5, 5.41) is 4.07. The van der Waals surface area contributed by atoms with Crippen LogP contribution in [0.5, 0.6) is 0 Å². The van der Waals surface area contributed by atoms with E-state index in [4.69, 9.17) is 4.52 Å². The van der Waals surface area contributed by atoms with Crippen molar-refractivity contribution < 1.29 is 9.32 Å². The quantitative estimate of drug-likeness (QED) is 0.809. The summed E-state index contributed by atoms with van der Waals surface area (Å²) in [5.41, 5.74) is 2.01. The molecule has 5 heteroatoms. The molecule has 110 valence electrons. The van der Waals surface area contributed by atoms with Gasteiger partial charge in [0.05, 0.1) is 5.92 Å². The van der Waals surface area contributed by atoms with Crippen molar-refractivity contribution in [3.63, 3.8) is 0 Å². The van der Waals surface area contributed by atoms with Gasteiger partial charge in [-0.15, -0.1) is 0 Å². The van der Waals surface area contributed by atoms with E-state index in [2.05, 4.69) is 22.0 Å². The van der Waals surface area contributed by atoms with Gasteiger partial charge in [-0.2, -0.15) is 4.98 Å². The maximum Gasteiger partial charge on any atom is 0.237 e. The molecule has 0 spiro atoms. The Morgan fingerprint density at radius 2 is 2.24 bits per heavy atom. The smallest absolute Gasteiger partial charge is 0.237 e. The van der Waals surface area contributed by atoms with Gasteiger partial charge in [-0.3, -0.25) is 9.78 Å². The highest BCUT2D eigenvalue weighted by Crippen LogP contribution is 2.30. The number of pyridine rings is 1. The Labute approximate surface area is 123 Å². The van der Waals surface area contributed by atoms with E-state index in [9.17, 15) is 4.79 Å².